The summed E-state index contributed by atoms with van der Waals surface area (Å²) < 4.78 is 1.92. The zero-order valence-electron chi connectivity index (χ0n) is 7.92. The summed E-state index contributed by atoms with van der Waals surface area (Å²) in [6.45, 7) is 0.886. The van der Waals surface area contributed by atoms with Crippen LogP contribution in [0.15, 0.2) is 0 Å². The number of hydrogen-bond acceptors (Lipinski definition) is 1. The molecule has 3 heteroatoms. The van der Waals surface area contributed by atoms with Gasteiger partial charge in [0.15, 0.2) is 0 Å². The Hall–Kier alpha value is -0.860. The zero-order valence-corrected chi connectivity index (χ0v) is 7.92. The molecule has 1 rings (SSSR count). The molecular formula is C9H17N2O+. The standard InChI is InChI=1S/C9H17N2O/c1-10(2)8-11-7-5-3-4-6-9(11)12/h8H,3-7H2,1-2H3/q+1. The van der Waals surface area contributed by atoms with Crippen molar-refractivity contribution >= 4 is 12.2 Å². The summed E-state index contributed by atoms with van der Waals surface area (Å²) >= 11 is 0. The molecular weight excluding hydrogens is 152 g/mol. The smallest absolute Gasteiger partial charge is 0.273 e. The molecule has 1 saturated heterocycles. The molecule has 0 N–H and O–H groups in total. The largest absolute Gasteiger partial charge is 0.309 e. The minimum Gasteiger partial charge on any atom is -0.273 e. The minimum atomic E-state index is 0.265. The summed E-state index contributed by atoms with van der Waals surface area (Å²) in [7, 11) is 3.89. The summed E-state index contributed by atoms with van der Waals surface area (Å²) in [6.07, 6.45) is 5.97. The topological polar surface area (TPSA) is 23.3 Å². The molecule has 3 nitrogen and oxygen atoms in total. The zero-order chi connectivity index (χ0) is 8.97. The molecule has 0 unspecified atom stereocenters. The van der Waals surface area contributed by atoms with Crippen molar-refractivity contribution in [1.82, 2.24) is 4.90 Å². The van der Waals surface area contributed by atoms with Crippen LogP contribution in [0.2, 0.25) is 0 Å². The molecule has 0 radical (unpaired) electrons. The molecule has 1 fully saturated rings. The highest BCUT2D eigenvalue weighted by molar-refractivity contribution is 5.86. The second-order valence-corrected chi connectivity index (χ2v) is 3.48. The van der Waals surface area contributed by atoms with Gasteiger partial charge in [-0.15, -0.1) is 0 Å². The third-order valence-electron chi connectivity index (χ3n) is 1.98. The lowest BCUT2D eigenvalue weighted by atomic mass is 10.2. The molecule has 1 heterocycles. The second kappa shape index (κ2) is 4.24. The van der Waals surface area contributed by atoms with E-state index in [-0.39, 0.29) is 5.91 Å². The predicted octanol–water partition coefficient (Wildman–Crippen LogP) is 0.689. The first-order chi connectivity index (χ1) is 5.70. The Morgan fingerprint density at radius 3 is 2.75 bits per heavy atom. The van der Waals surface area contributed by atoms with Gasteiger partial charge >= 0.3 is 5.91 Å². The molecule has 1 aliphatic heterocycles. The van der Waals surface area contributed by atoms with Crippen molar-refractivity contribution in [2.45, 2.75) is 25.7 Å². The number of hydrogen-bond donors (Lipinski definition) is 0. The van der Waals surface area contributed by atoms with E-state index >= 15 is 0 Å². The molecule has 0 spiro atoms. The summed E-state index contributed by atoms with van der Waals surface area (Å²) in [5.74, 6) is 0.265. The molecule has 0 aliphatic carbocycles. The Labute approximate surface area is 73.7 Å². The molecule has 0 aromatic rings. The van der Waals surface area contributed by atoms with Gasteiger partial charge in [0.25, 0.3) is 0 Å². The third kappa shape index (κ3) is 2.64. The van der Waals surface area contributed by atoms with Crippen molar-refractivity contribution < 1.29 is 9.37 Å². The molecule has 12 heavy (non-hydrogen) atoms. The van der Waals surface area contributed by atoms with Crippen LogP contribution in [0.1, 0.15) is 25.7 Å². The van der Waals surface area contributed by atoms with Crippen molar-refractivity contribution in [3.63, 3.8) is 0 Å². The number of carbonyl (C=O) groups is 1. The summed E-state index contributed by atoms with van der Waals surface area (Å²) in [6, 6.07) is 0. The van der Waals surface area contributed by atoms with Gasteiger partial charge in [0.2, 0.25) is 6.34 Å². The van der Waals surface area contributed by atoms with E-state index in [1.165, 1.54) is 6.42 Å². The van der Waals surface area contributed by atoms with Gasteiger partial charge in [0, 0.05) is 6.42 Å². The maximum atomic E-state index is 11.4. The van der Waals surface area contributed by atoms with Gasteiger partial charge in [-0.05, 0) is 19.3 Å². The van der Waals surface area contributed by atoms with Crippen molar-refractivity contribution in [1.29, 1.82) is 0 Å². The number of amides is 1. The van der Waals surface area contributed by atoms with Crippen LogP contribution in [0.3, 0.4) is 0 Å². The summed E-state index contributed by atoms with van der Waals surface area (Å²) in [5, 5.41) is 0. The fourth-order valence-corrected chi connectivity index (χ4v) is 1.40. The summed E-state index contributed by atoms with van der Waals surface area (Å²) in [5.41, 5.74) is 0. The van der Waals surface area contributed by atoms with Crippen LogP contribution in [0.5, 0.6) is 0 Å². The molecule has 1 aliphatic rings. The highest BCUT2D eigenvalue weighted by atomic mass is 16.2. The average Bonchev–Trinajstić information content (AvgIpc) is 2.16. The first-order valence-corrected chi connectivity index (χ1v) is 4.51. The second-order valence-electron chi connectivity index (χ2n) is 3.48. The van der Waals surface area contributed by atoms with Crippen LogP contribution in [0.4, 0.5) is 0 Å². The van der Waals surface area contributed by atoms with E-state index in [1.807, 2.05) is 29.9 Å². The van der Waals surface area contributed by atoms with E-state index in [0.29, 0.717) is 6.42 Å². The number of nitrogens with zero attached hydrogens (tertiary/aromatic N) is 2. The predicted molar refractivity (Wildman–Crippen MR) is 48.4 cm³/mol. The number of likely N-dealkylation sites (tertiary alicyclic amines) is 1. The number of carbonyl (C=O) groups excluding carboxylic acids is 1. The quantitative estimate of drug-likeness (QED) is 0.322. The Bertz CT molecular complexity index is 195. The van der Waals surface area contributed by atoms with E-state index in [2.05, 4.69) is 0 Å². The Kier molecular flexibility index (Phi) is 3.26. The van der Waals surface area contributed by atoms with Crippen molar-refractivity contribution in [2.75, 3.05) is 20.6 Å². The van der Waals surface area contributed by atoms with Crippen molar-refractivity contribution in [3.8, 4) is 0 Å². The molecule has 0 bridgehead atoms. The maximum absolute atomic E-state index is 11.4. The lowest BCUT2D eigenvalue weighted by molar-refractivity contribution is -0.463. The lowest BCUT2D eigenvalue weighted by Gasteiger charge is -2.07. The van der Waals surface area contributed by atoms with Crippen LogP contribution >= 0.6 is 0 Å². The van der Waals surface area contributed by atoms with E-state index in [0.717, 1.165) is 19.4 Å². The molecule has 0 aromatic heterocycles. The monoisotopic (exact) mass is 169 g/mol. The fourth-order valence-electron chi connectivity index (χ4n) is 1.40. The van der Waals surface area contributed by atoms with Crippen LogP contribution in [0.25, 0.3) is 0 Å². The molecule has 68 valence electrons. The van der Waals surface area contributed by atoms with E-state index < -0.39 is 0 Å². The van der Waals surface area contributed by atoms with Crippen LogP contribution in [-0.4, -0.2) is 42.4 Å². The van der Waals surface area contributed by atoms with Gasteiger partial charge < -0.3 is 0 Å². The Morgan fingerprint density at radius 2 is 2.08 bits per heavy atom. The number of rotatable bonds is 1. The first-order valence-electron chi connectivity index (χ1n) is 4.51. The van der Waals surface area contributed by atoms with Gasteiger partial charge in [-0.3, -0.25) is 4.58 Å². The molecule has 0 atom stereocenters. The van der Waals surface area contributed by atoms with Crippen molar-refractivity contribution in [2.24, 2.45) is 0 Å². The third-order valence-corrected chi connectivity index (χ3v) is 1.98. The molecule has 1 amide bonds. The van der Waals surface area contributed by atoms with Gasteiger partial charge in [-0.1, -0.05) is 0 Å². The highest BCUT2D eigenvalue weighted by Gasteiger charge is 2.20. The SMILES string of the molecule is C[N+](C)=CN1CCCCCC1=O. The average molecular weight is 169 g/mol. The lowest BCUT2D eigenvalue weighted by Crippen LogP contribution is -2.31. The van der Waals surface area contributed by atoms with Crippen LogP contribution in [-0.2, 0) is 4.79 Å². The normalized spacial score (nSPS) is 18.8. The fraction of sp³-hybridized carbons (Fsp3) is 0.778. The van der Waals surface area contributed by atoms with E-state index in [4.69, 9.17) is 0 Å². The van der Waals surface area contributed by atoms with E-state index in [9.17, 15) is 4.79 Å². The van der Waals surface area contributed by atoms with Gasteiger partial charge in [-0.25, -0.2) is 9.69 Å². The summed E-state index contributed by atoms with van der Waals surface area (Å²) in [4.78, 5) is 13.2. The molecule has 0 aromatic carbocycles. The molecule has 0 saturated carbocycles. The van der Waals surface area contributed by atoms with Crippen LogP contribution in [0, 0.1) is 0 Å². The van der Waals surface area contributed by atoms with Crippen LogP contribution < -0.4 is 0 Å². The Morgan fingerprint density at radius 1 is 1.33 bits per heavy atom. The minimum absolute atomic E-state index is 0.265. The van der Waals surface area contributed by atoms with Gasteiger partial charge in [-0.2, -0.15) is 0 Å². The van der Waals surface area contributed by atoms with Gasteiger partial charge in [0.1, 0.15) is 0 Å². The van der Waals surface area contributed by atoms with E-state index in [1.54, 1.807) is 0 Å². The Balaban J connectivity index is 2.59. The first kappa shape index (κ1) is 9.23. The van der Waals surface area contributed by atoms with Gasteiger partial charge in [0.05, 0.1) is 20.6 Å². The highest BCUT2D eigenvalue weighted by Crippen LogP contribution is 2.09. The van der Waals surface area contributed by atoms with Crippen molar-refractivity contribution in [3.05, 3.63) is 0 Å². The maximum Gasteiger partial charge on any atom is 0.309 e.